The number of allylic oxidation sites excluding steroid dienone is 1. The Labute approximate surface area is 78.7 Å². The Morgan fingerprint density at radius 1 is 1.31 bits per heavy atom. The lowest BCUT2D eigenvalue weighted by molar-refractivity contribution is 1.13. The molecular formula is C11H12N2. The van der Waals surface area contributed by atoms with Crippen LogP contribution in [0.5, 0.6) is 0 Å². The summed E-state index contributed by atoms with van der Waals surface area (Å²) in [6.07, 6.45) is 0. The van der Waals surface area contributed by atoms with Crippen LogP contribution in [0.25, 0.3) is 5.57 Å². The number of nitrogens with zero attached hydrogens (tertiary/aromatic N) is 2. The highest BCUT2D eigenvalue weighted by Crippen LogP contribution is 2.16. The number of nitriles is 1. The summed E-state index contributed by atoms with van der Waals surface area (Å²) in [5, 5.41) is 8.61. The van der Waals surface area contributed by atoms with Gasteiger partial charge in [0, 0.05) is 19.8 Å². The van der Waals surface area contributed by atoms with Crippen molar-refractivity contribution in [2.45, 2.75) is 0 Å². The van der Waals surface area contributed by atoms with Crippen molar-refractivity contribution in [2.24, 2.45) is 0 Å². The van der Waals surface area contributed by atoms with Crippen LogP contribution in [0.2, 0.25) is 0 Å². The van der Waals surface area contributed by atoms with E-state index in [2.05, 4.69) is 6.58 Å². The van der Waals surface area contributed by atoms with Crippen LogP contribution in [-0.2, 0) is 0 Å². The van der Waals surface area contributed by atoms with Gasteiger partial charge in [0.25, 0.3) is 0 Å². The quantitative estimate of drug-likeness (QED) is 0.640. The first-order chi connectivity index (χ1) is 6.15. The molecule has 2 nitrogen and oxygen atoms in total. The smallest absolute Gasteiger partial charge is 0.0991 e. The molecule has 0 aliphatic heterocycles. The largest absolute Gasteiger partial charge is 0.378 e. The second-order valence-corrected chi connectivity index (χ2v) is 3.03. The van der Waals surface area contributed by atoms with Crippen LogP contribution in [0.15, 0.2) is 30.8 Å². The maximum Gasteiger partial charge on any atom is 0.0991 e. The van der Waals surface area contributed by atoms with Gasteiger partial charge in [0.2, 0.25) is 0 Å². The average molecular weight is 172 g/mol. The lowest BCUT2D eigenvalue weighted by atomic mass is 10.1. The van der Waals surface area contributed by atoms with Gasteiger partial charge in [0.1, 0.15) is 0 Å². The van der Waals surface area contributed by atoms with Gasteiger partial charge in [-0.05, 0) is 17.7 Å². The summed E-state index contributed by atoms with van der Waals surface area (Å²) in [7, 11) is 3.96. The van der Waals surface area contributed by atoms with Crippen molar-refractivity contribution in [3.05, 3.63) is 36.4 Å². The normalized spacial score (nSPS) is 9.00. The number of hydrogen-bond acceptors (Lipinski definition) is 2. The third kappa shape index (κ3) is 2.09. The van der Waals surface area contributed by atoms with Crippen molar-refractivity contribution in [2.75, 3.05) is 19.0 Å². The molecule has 13 heavy (non-hydrogen) atoms. The monoisotopic (exact) mass is 172 g/mol. The third-order valence-corrected chi connectivity index (χ3v) is 1.87. The maximum atomic E-state index is 8.61. The summed E-state index contributed by atoms with van der Waals surface area (Å²) >= 11 is 0. The predicted molar refractivity (Wildman–Crippen MR) is 55.4 cm³/mol. The number of anilines is 1. The zero-order chi connectivity index (χ0) is 9.84. The fraction of sp³-hybridized carbons (Fsp3) is 0.182. The first-order valence-corrected chi connectivity index (χ1v) is 4.02. The highest BCUT2D eigenvalue weighted by atomic mass is 15.1. The zero-order valence-corrected chi connectivity index (χ0v) is 7.91. The number of benzene rings is 1. The van der Waals surface area contributed by atoms with Crippen molar-refractivity contribution in [3.8, 4) is 6.07 Å². The maximum absolute atomic E-state index is 8.61. The molecule has 0 aliphatic rings. The lowest BCUT2D eigenvalue weighted by Crippen LogP contribution is -2.08. The molecule has 2 heteroatoms. The molecule has 0 saturated carbocycles. The Bertz CT molecular complexity index is 341. The average Bonchev–Trinajstić information content (AvgIpc) is 2.17. The number of hydrogen-bond donors (Lipinski definition) is 0. The lowest BCUT2D eigenvalue weighted by Gasteiger charge is -2.12. The van der Waals surface area contributed by atoms with Crippen molar-refractivity contribution in [1.82, 2.24) is 0 Å². The third-order valence-electron chi connectivity index (χ3n) is 1.87. The summed E-state index contributed by atoms with van der Waals surface area (Å²) in [5.74, 6) is 0. The Morgan fingerprint density at radius 2 is 1.85 bits per heavy atom. The molecule has 0 unspecified atom stereocenters. The van der Waals surface area contributed by atoms with E-state index in [0.717, 1.165) is 11.3 Å². The van der Waals surface area contributed by atoms with Gasteiger partial charge < -0.3 is 4.90 Å². The molecule has 0 spiro atoms. The highest BCUT2D eigenvalue weighted by molar-refractivity contribution is 5.75. The predicted octanol–water partition coefficient (Wildman–Crippen LogP) is 2.29. The van der Waals surface area contributed by atoms with Crippen LogP contribution in [0.1, 0.15) is 5.56 Å². The van der Waals surface area contributed by atoms with Gasteiger partial charge in [-0.25, -0.2) is 0 Å². The molecule has 0 fully saturated rings. The van der Waals surface area contributed by atoms with Crippen LogP contribution in [0, 0.1) is 11.3 Å². The van der Waals surface area contributed by atoms with Crippen molar-refractivity contribution < 1.29 is 0 Å². The molecule has 0 atom stereocenters. The summed E-state index contributed by atoms with van der Waals surface area (Å²) in [6.45, 7) is 3.64. The molecule has 1 rings (SSSR count). The minimum atomic E-state index is 0.505. The van der Waals surface area contributed by atoms with Gasteiger partial charge in [-0.2, -0.15) is 5.26 Å². The molecule has 66 valence electrons. The van der Waals surface area contributed by atoms with Crippen LogP contribution >= 0.6 is 0 Å². The highest BCUT2D eigenvalue weighted by Gasteiger charge is 1.98. The van der Waals surface area contributed by atoms with Crippen LogP contribution in [-0.4, -0.2) is 14.1 Å². The first kappa shape index (κ1) is 9.34. The second kappa shape index (κ2) is 3.77. The fourth-order valence-corrected chi connectivity index (χ4v) is 1.03. The standard InChI is InChI=1S/C11H12N2/c1-9(8-12)10-4-6-11(7-5-10)13(2)3/h4-7H,1H2,2-3H3. The van der Waals surface area contributed by atoms with E-state index in [0.29, 0.717) is 5.57 Å². The summed E-state index contributed by atoms with van der Waals surface area (Å²) < 4.78 is 0. The topological polar surface area (TPSA) is 27.0 Å². The van der Waals surface area contributed by atoms with E-state index in [4.69, 9.17) is 5.26 Å². The van der Waals surface area contributed by atoms with Gasteiger partial charge in [-0.15, -0.1) is 0 Å². The van der Waals surface area contributed by atoms with Gasteiger partial charge in [-0.1, -0.05) is 18.7 Å². The molecule has 0 aromatic heterocycles. The van der Waals surface area contributed by atoms with Crippen LogP contribution in [0.4, 0.5) is 5.69 Å². The van der Waals surface area contributed by atoms with E-state index < -0.39 is 0 Å². The van der Waals surface area contributed by atoms with E-state index in [1.807, 2.05) is 49.3 Å². The van der Waals surface area contributed by atoms with E-state index in [-0.39, 0.29) is 0 Å². The van der Waals surface area contributed by atoms with E-state index in [9.17, 15) is 0 Å². The molecule has 0 radical (unpaired) electrons. The summed E-state index contributed by atoms with van der Waals surface area (Å²) in [4.78, 5) is 2.01. The Kier molecular flexibility index (Phi) is 2.71. The van der Waals surface area contributed by atoms with Gasteiger partial charge in [-0.3, -0.25) is 0 Å². The summed E-state index contributed by atoms with van der Waals surface area (Å²) in [5.41, 5.74) is 2.51. The van der Waals surface area contributed by atoms with Crippen LogP contribution < -0.4 is 4.90 Å². The van der Waals surface area contributed by atoms with Crippen molar-refractivity contribution in [1.29, 1.82) is 5.26 Å². The minimum Gasteiger partial charge on any atom is -0.378 e. The Morgan fingerprint density at radius 3 is 2.23 bits per heavy atom. The minimum absolute atomic E-state index is 0.505. The molecule has 0 bridgehead atoms. The molecule has 1 aromatic rings. The fourth-order valence-electron chi connectivity index (χ4n) is 1.03. The molecule has 0 N–H and O–H groups in total. The van der Waals surface area contributed by atoms with E-state index in [1.165, 1.54) is 0 Å². The molecule has 1 aromatic carbocycles. The van der Waals surface area contributed by atoms with Crippen molar-refractivity contribution >= 4 is 11.3 Å². The SMILES string of the molecule is C=C(C#N)c1ccc(N(C)C)cc1. The summed E-state index contributed by atoms with van der Waals surface area (Å²) in [6, 6.07) is 9.77. The zero-order valence-electron chi connectivity index (χ0n) is 7.91. The molecule has 0 amide bonds. The van der Waals surface area contributed by atoms with Gasteiger partial charge >= 0.3 is 0 Å². The van der Waals surface area contributed by atoms with Crippen LogP contribution in [0.3, 0.4) is 0 Å². The Hall–Kier alpha value is -1.75. The molecule has 0 saturated heterocycles. The molecule has 0 aliphatic carbocycles. The van der Waals surface area contributed by atoms with Gasteiger partial charge in [0.15, 0.2) is 0 Å². The van der Waals surface area contributed by atoms with E-state index >= 15 is 0 Å². The second-order valence-electron chi connectivity index (χ2n) is 3.03. The molecule has 0 heterocycles. The van der Waals surface area contributed by atoms with Gasteiger partial charge in [0.05, 0.1) is 11.6 Å². The first-order valence-electron chi connectivity index (χ1n) is 4.02. The molecular weight excluding hydrogens is 160 g/mol. The Balaban J connectivity index is 2.95. The number of rotatable bonds is 2. The van der Waals surface area contributed by atoms with Crippen molar-refractivity contribution in [3.63, 3.8) is 0 Å². The van der Waals surface area contributed by atoms with E-state index in [1.54, 1.807) is 0 Å².